The van der Waals surface area contributed by atoms with Gasteiger partial charge in [0.25, 0.3) is 0 Å². The zero-order valence-electron chi connectivity index (χ0n) is 23.5. The number of carbonyl (C=O) groups is 1. The number of aromatic hydroxyl groups is 4. The molecule has 0 aliphatic carbocycles. The number of esters is 1. The number of rotatable bonds is 10. The molecule has 0 saturated carbocycles. The van der Waals surface area contributed by atoms with Gasteiger partial charge in [0.15, 0.2) is 41.7 Å². The summed E-state index contributed by atoms with van der Waals surface area (Å²) in [5, 5.41) is 90.3. The molecule has 9 N–H and O–H groups in total. The molecule has 2 aliphatic rings. The molecule has 0 aromatic heterocycles. The molecule has 16 heteroatoms. The predicted octanol–water partition coefficient (Wildman–Crippen LogP) is -1.66. The van der Waals surface area contributed by atoms with E-state index < -0.39 is 79.7 Å². The van der Waals surface area contributed by atoms with E-state index in [2.05, 4.69) is 0 Å². The summed E-state index contributed by atoms with van der Waals surface area (Å²) in [5.74, 6) is -2.37. The molecule has 0 spiro atoms. The average Bonchev–Trinajstić information content (AvgIpc) is 2.99. The quantitative estimate of drug-likeness (QED) is 0.0606. The second kappa shape index (κ2) is 16.4. The van der Waals surface area contributed by atoms with Gasteiger partial charge in [-0.25, -0.2) is 4.79 Å². The number of phenolic OH excluding ortho intramolecular Hbond substituents is 4. The van der Waals surface area contributed by atoms with Crippen molar-refractivity contribution in [1.82, 2.24) is 0 Å². The third-order valence-corrected chi connectivity index (χ3v) is 7.25. The van der Waals surface area contributed by atoms with Crippen molar-refractivity contribution in [2.75, 3.05) is 13.2 Å². The Kier molecular flexibility index (Phi) is 13.4. The summed E-state index contributed by atoms with van der Waals surface area (Å²) in [7, 11) is 0. The number of aliphatic hydroxyl groups is 5. The fraction of sp³-hybridized carbons (Fsp3) is 0.483. The van der Waals surface area contributed by atoms with Gasteiger partial charge in [0.2, 0.25) is 0 Å². The van der Waals surface area contributed by atoms with Gasteiger partial charge >= 0.3 is 35.5 Å². The van der Waals surface area contributed by atoms with E-state index in [1.54, 1.807) is 6.07 Å². The second-order valence-corrected chi connectivity index (χ2v) is 10.5. The van der Waals surface area contributed by atoms with E-state index in [9.17, 15) is 50.8 Å². The number of phenols is 4. The number of benzene rings is 2. The summed E-state index contributed by atoms with van der Waals surface area (Å²) >= 11 is 0. The maximum absolute atomic E-state index is 12.7. The van der Waals surface area contributed by atoms with E-state index in [0.717, 1.165) is 6.08 Å². The molecule has 0 unspecified atom stereocenters. The first-order valence-corrected chi connectivity index (χ1v) is 13.7. The second-order valence-electron chi connectivity index (χ2n) is 10.5. The fourth-order valence-corrected chi connectivity index (χ4v) is 4.66. The zero-order valence-corrected chi connectivity index (χ0v) is 23.5. The van der Waals surface area contributed by atoms with E-state index in [0.29, 0.717) is 11.1 Å². The molecule has 0 amide bonds. The van der Waals surface area contributed by atoms with Gasteiger partial charge in [0, 0.05) is 6.08 Å². The van der Waals surface area contributed by atoms with Crippen molar-refractivity contribution in [3.8, 4) is 23.0 Å². The molecule has 10 atom stereocenters. The molecule has 2 aromatic rings. The van der Waals surface area contributed by atoms with Crippen LogP contribution in [0.15, 0.2) is 42.5 Å². The molecule has 2 fully saturated rings. The molecule has 244 valence electrons. The Balaban J connectivity index is 0.00000552. The Labute approximate surface area is 279 Å². The molecule has 2 heterocycles. The Morgan fingerprint density at radius 1 is 0.778 bits per heavy atom. The van der Waals surface area contributed by atoms with E-state index in [4.69, 9.17) is 23.7 Å². The molecule has 0 bridgehead atoms. The maximum atomic E-state index is 12.7. The number of hydrogen-bond acceptors (Lipinski definition) is 15. The van der Waals surface area contributed by atoms with Crippen molar-refractivity contribution in [2.24, 2.45) is 0 Å². The van der Waals surface area contributed by atoms with Crippen molar-refractivity contribution >= 4 is 41.6 Å². The van der Waals surface area contributed by atoms with Crippen LogP contribution >= 0.6 is 0 Å². The van der Waals surface area contributed by atoms with E-state index in [-0.39, 0.29) is 59.8 Å². The number of hydrogen-bond donors (Lipinski definition) is 9. The van der Waals surface area contributed by atoms with Crippen LogP contribution in [-0.4, -0.2) is 156 Å². The first-order chi connectivity index (χ1) is 20.8. The van der Waals surface area contributed by atoms with Gasteiger partial charge in [0.05, 0.1) is 19.3 Å². The van der Waals surface area contributed by atoms with Crippen LogP contribution in [0, 0.1) is 0 Å². The third-order valence-electron chi connectivity index (χ3n) is 7.25. The van der Waals surface area contributed by atoms with Gasteiger partial charge in [-0.2, -0.15) is 0 Å². The molecule has 2 aromatic carbocycles. The molecule has 0 radical (unpaired) electrons. The Hall–Kier alpha value is -2.51. The number of ether oxygens (including phenoxy) is 5. The zero-order chi connectivity index (χ0) is 32.1. The first kappa shape index (κ1) is 37.0. The summed E-state index contributed by atoms with van der Waals surface area (Å²) in [6.45, 7) is 0.890. The fourth-order valence-electron chi connectivity index (χ4n) is 4.66. The molecule has 2 saturated heterocycles. The summed E-state index contributed by atoms with van der Waals surface area (Å²) < 4.78 is 27.8. The summed E-state index contributed by atoms with van der Waals surface area (Å²) in [6.07, 6.45) is -12.2. The number of carbonyl (C=O) groups excluding carboxylic acids is 1. The van der Waals surface area contributed by atoms with E-state index >= 15 is 0 Å². The Morgan fingerprint density at radius 3 is 2.07 bits per heavy atom. The van der Waals surface area contributed by atoms with Gasteiger partial charge in [-0.15, -0.1) is 0 Å². The van der Waals surface area contributed by atoms with Crippen LogP contribution in [0.3, 0.4) is 0 Å². The number of aliphatic hydroxyl groups excluding tert-OH is 5. The van der Waals surface area contributed by atoms with E-state index in [1.165, 1.54) is 43.3 Å². The van der Waals surface area contributed by atoms with Crippen LogP contribution in [0.4, 0.5) is 0 Å². The normalized spacial score (nSPS) is 31.8. The van der Waals surface area contributed by atoms with Crippen LogP contribution in [-0.2, 0) is 34.9 Å². The molecule has 2 aliphatic heterocycles. The topological polar surface area (TPSA) is 245 Å². The van der Waals surface area contributed by atoms with Gasteiger partial charge < -0.3 is 69.6 Å². The molecular weight excluding hydrogens is 611 g/mol. The summed E-state index contributed by atoms with van der Waals surface area (Å²) in [5.41, 5.74) is 0.927. The van der Waals surface area contributed by atoms with Gasteiger partial charge in [-0.05, 0) is 54.8 Å². The summed E-state index contributed by atoms with van der Waals surface area (Å²) in [6, 6.07) is 8.00. The van der Waals surface area contributed by atoms with Crippen molar-refractivity contribution in [3.05, 3.63) is 53.6 Å². The van der Waals surface area contributed by atoms with Crippen molar-refractivity contribution in [2.45, 2.75) is 74.8 Å². The van der Waals surface area contributed by atoms with Gasteiger partial charge in [-0.1, -0.05) is 12.1 Å². The van der Waals surface area contributed by atoms with Crippen LogP contribution in [0.2, 0.25) is 0 Å². The van der Waals surface area contributed by atoms with Crippen LogP contribution in [0.25, 0.3) is 6.08 Å². The standard InChI is InChI=1S/C29H36O15.Na.H/c1-13-22(35)23(36)25(38)29(42-13)41-12-20-27(44-21(34)7-4-14-2-5-16(30)18(32)10-14)24(37)26(39)28(43-20)40-9-8-15-3-6-17(31)19(33)11-15;;/h2-7,10-11,13,20,22-33,35-39H,8-9,12H2,1H3;;/b7-4+;;/t13-,20+,22-,23+,24+,25+,26+,27+,28+,29+;;/m0../s1. The average molecular weight is 649 g/mol. The Bertz CT molecular complexity index is 1310. The molecule has 4 rings (SSSR count). The van der Waals surface area contributed by atoms with Crippen molar-refractivity contribution in [3.63, 3.8) is 0 Å². The molecular formula is C29H37NaO15. The van der Waals surface area contributed by atoms with E-state index in [1.807, 2.05) is 0 Å². The monoisotopic (exact) mass is 648 g/mol. The SMILES string of the molecule is C[C@@H]1O[C@@H](OC[C@H]2O[C@@H](OCCc3ccc(O)c(O)c3)[C@H](O)[C@@H](O)[C@@H]2OC(=O)/C=C/c2ccc(O)c(O)c2)[C@H](O)[C@H](O)[C@H]1O.[NaH]. The van der Waals surface area contributed by atoms with Gasteiger partial charge in [0.1, 0.15) is 36.6 Å². The van der Waals surface area contributed by atoms with Crippen molar-refractivity contribution < 1.29 is 74.4 Å². The minimum atomic E-state index is -1.75. The molecule has 15 nitrogen and oxygen atoms in total. The van der Waals surface area contributed by atoms with Crippen LogP contribution in [0.1, 0.15) is 18.1 Å². The van der Waals surface area contributed by atoms with Crippen molar-refractivity contribution in [1.29, 1.82) is 0 Å². The van der Waals surface area contributed by atoms with Gasteiger partial charge in [-0.3, -0.25) is 0 Å². The first-order valence-electron chi connectivity index (χ1n) is 13.7. The third kappa shape index (κ3) is 9.28. The van der Waals surface area contributed by atoms with Crippen LogP contribution in [0.5, 0.6) is 23.0 Å². The van der Waals surface area contributed by atoms with Crippen LogP contribution < -0.4 is 0 Å². The predicted molar refractivity (Wildman–Crippen MR) is 154 cm³/mol. The molecule has 45 heavy (non-hydrogen) atoms. The Morgan fingerprint density at radius 2 is 1.40 bits per heavy atom. The summed E-state index contributed by atoms with van der Waals surface area (Å²) in [4.78, 5) is 12.7. The minimum absolute atomic E-state index is 0.